The lowest BCUT2D eigenvalue weighted by Crippen LogP contribution is -2.30. The van der Waals surface area contributed by atoms with Gasteiger partial charge in [-0.1, -0.05) is 317 Å². The van der Waals surface area contributed by atoms with Crippen LogP contribution in [0.4, 0.5) is 0 Å². The van der Waals surface area contributed by atoms with E-state index in [4.69, 9.17) is 37.0 Å². The summed E-state index contributed by atoms with van der Waals surface area (Å²) in [4.78, 5) is 72.3. The highest BCUT2D eigenvalue weighted by Gasteiger charge is 2.30. The fourth-order valence-electron chi connectivity index (χ4n) is 10.8. The minimum Gasteiger partial charge on any atom is -0.462 e. The van der Waals surface area contributed by atoms with Crippen LogP contribution >= 0.6 is 15.6 Å². The highest BCUT2D eigenvalue weighted by atomic mass is 31.2. The fourth-order valence-corrected chi connectivity index (χ4v) is 12.4. The van der Waals surface area contributed by atoms with Crippen molar-refractivity contribution in [2.75, 3.05) is 39.6 Å². The van der Waals surface area contributed by atoms with Crippen LogP contribution < -0.4 is 0 Å². The number of hydrogen-bond acceptors (Lipinski definition) is 15. The molecular formula is C71H138O17P2. The molecule has 0 heterocycles. The Morgan fingerprint density at radius 1 is 0.300 bits per heavy atom. The molecule has 0 bridgehead atoms. The molecule has 0 aromatic heterocycles. The van der Waals surface area contributed by atoms with Crippen molar-refractivity contribution in [1.29, 1.82) is 0 Å². The minimum atomic E-state index is -4.95. The maximum atomic E-state index is 13.0. The van der Waals surface area contributed by atoms with Gasteiger partial charge in [-0.25, -0.2) is 9.13 Å². The summed E-state index contributed by atoms with van der Waals surface area (Å²) in [6.45, 7) is 7.20. The molecule has 0 saturated carbocycles. The van der Waals surface area contributed by atoms with E-state index in [1.165, 1.54) is 186 Å². The average Bonchev–Trinajstić information content (AvgIpc) is 3.60. The van der Waals surface area contributed by atoms with E-state index in [9.17, 15) is 43.2 Å². The number of aliphatic hydroxyl groups is 1. The van der Waals surface area contributed by atoms with Crippen LogP contribution in [0.1, 0.15) is 369 Å². The summed E-state index contributed by atoms with van der Waals surface area (Å²) < 4.78 is 68.1. The van der Waals surface area contributed by atoms with Gasteiger partial charge in [-0.3, -0.25) is 37.3 Å². The first kappa shape index (κ1) is 88.1. The van der Waals surface area contributed by atoms with Crippen molar-refractivity contribution >= 4 is 39.5 Å². The van der Waals surface area contributed by atoms with Gasteiger partial charge in [0.05, 0.1) is 26.4 Å². The third-order valence-corrected chi connectivity index (χ3v) is 18.4. The van der Waals surface area contributed by atoms with Gasteiger partial charge < -0.3 is 33.8 Å². The van der Waals surface area contributed by atoms with Crippen LogP contribution in [0.3, 0.4) is 0 Å². The number of phosphoric ester groups is 2. The lowest BCUT2D eigenvalue weighted by atomic mass is 10.0. The third-order valence-electron chi connectivity index (χ3n) is 16.5. The van der Waals surface area contributed by atoms with Crippen LogP contribution in [0.5, 0.6) is 0 Å². The number of aliphatic hydroxyl groups excluding tert-OH is 1. The summed E-state index contributed by atoms with van der Waals surface area (Å²) in [5.74, 6) is -1.31. The Morgan fingerprint density at radius 3 is 0.756 bits per heavy atom. The number of esters is 4. The molecule has 5 atom stereocenters. The van der Waals surface area contributed by atoms with Crippen LogP contribution in [0.25, 0.3) is 0 Å². The van der Waals surface area contributed by atoms with Gasteiger partial charge in [0, 0.05) is 25.7 Å². The Balaban J connectivity index is 5.11. The van der Waals surface area contributed by atoms with Crippen LogP contribution in [0.2, 0.25) is 0 Å². The maximum absolute atomic E-state index is 13.0. The molecule has 0 aromatic rings. The van der Waals surface area contributed by atoms with E-state index in [-0.39, 0.29) is 25.7 Å². The largest absolute Gasteiger partial charge is 0.472 e. The number of carbonyl (C=O) groups excluding carboxylic acids is 4. The average molecular weight is 1330 g/mol. The molecule has 534 valence electrons. The van der Waals surface area contributed by atoms with Crippen LogP contribution in [-0.2, 0) is 65.4 Å². The van der Waals surface area contributed by atoms with Crippen LogP contribution in [0.15, 0.2) is 0 Å². The lowest BCUT2D eigenvalue weighted by Gasteiger charge is -2.21. The molecule has 0 amide bonds. The second-order valence-corrected chi connectivity index (χ2v) is 29.0. The maximum Gasteiger partial charge on any atom is 0.472 e. The van der Waals surface area contributed by atoms with Gasteiger partial charge in [0.25, 0.3) is 0 Å². The van der Waals surface area contributed by atoms with Crippen molar-refractivity contribution in [3.8, 4) is 0 Å². The zero-order chi connectivity index (χ0) is 66.3. The zero-order valence-corrected chi connectivity index (χ0v) is 60.1. The summed E-state index contributed by atoms with van der Waals surface area (Å²) in [5.41, 5.74) is 0. The van der Waals surface area contributed by atoms with Gasteiger partial charge in [-0.05, 0) is 31.6 Å². The molecule has 0 rings (SSSR count). The highest BCUT2D eigenvalue weighted by molar-refractivity contribution is 7.47. The van der Waals surface area contributed by atoms with Crippen LogP contribution in [0, 0.1) is 5.92 Å². The lowest BCUT2D eigenvalue weighted by molar-refractivity contribution is -0.161. The SMILES string of the molecule is CCCCCCCCCCCCCCCC(=O)OC[C@H](COP(=O)(O)OC[C@@H](O)COP(=O)(O)OC[C@@H](COC(=O)CCCCCCC)OC(=O)CCCCCCCCCCCCC)OC(=O)CCCCCCCCCCCCCCCCCCCCC(C)C. The molecule has 0 radical (unpaired) electrons. The number of ether oxygens (including phenoxy) is 4. The smallest absolute Gasteiger partial charge is 0.462 e. The number of rotatable bonds is 71. The topological polar surface area (TPSA) is 237 Å². The Bertz CT molecular complexity index is 1740. The summed E-state index contributed by atoms with van der Waals surface area (Å²) in [6.07, 6.45) is 51.7. The molecule has 19 heteroatoms. The molecule has 0 aliphatic carbocycles. The van der Waals surface area contributed by atoms with Gasteiger partial charge in [0.1, 0.15) is 19.3 Å². The normalized spacial score (nSPS) is 14.1. The molecule has 17 nitrogen and oxygen atoms in total. The Hall–Kier alpha value is -1.94. The van der Waals surface area contributed by atoms with Crippen molar-refractivity contribution in [3.63, 3.8) is 0 Å². The van der Waals surface area contributed by atoms with E-state index in [1.807, 2.05) is 0 Å². The van der Waals surface area contributed by atoms with E-state index >= 15 is 0 Å². The Morgan fingerprint density at radius 2 is 0.511 bits per heavy atom. The first-order valence-corrected chi connectivity index (χ1v) is 40.1. The predicted octanol–water partition coefficient (Wildman–Crippen LogP) is 20.5. The molecular weight excluding hydrogens is 1190 g/mol. The van der Waals surface area contributed by atoms with Gasteiger partial charge in [-0.15, -0.1) is 0 Å². The van der Waals surface area contributed by atoms with E-state index in [0.29, 0.717) is 25.7 Å². The molecule has 0 saturated heterocycles. The molecule has 90 heavy (non-hydrogen) atoms. The van der Waals surface area contributed by atoms with Crippen molar-refractivity contribution in [2.45, 2.75) is 387 Å². The van der Waals surface area contributed by atoms with E-state index < -0.39 is 97.5 Å². The van der Waals surface area contributed by atoms with Crippen molar-refractivity contribution in [1.82, 2.24) is 0 Å². The molecule has 0 aliphatic rings. The quantitative estimate of drug-likeness (QED) is 0.0222. The number of hydrogen-bond donors (Lipinski definition) is 3. The molecule has 0 aliphatic heterocycles. The summed E-state index contributed by atoms with van der Waals surface area (Å²) in [6, 6.07) is 0. The van der Waals surface area contributed by atoms with E-state index in [0.717, 1.165) is 102 Å². The Kier molecular flexibility index (Phi) is 63.0. The van der Waals surface area contributed by atoms with Gasteiger partial charge in [0.2, 0.25) is 0 Å². The van der Waals surface area contributed by atoms with Gasteiger partial charge >= 0.3 is 39.5 Å². The van der Waals surface area contributed by atoms with Gasteiger partial charge in [0.15, 0.2) is 12.2 Å². The molecule has 0 fully saturated rings. The highest BCUT2D eigenvalue weighted by Crippen LogP contribution is 2.45. The first-order valence-electron chi connectivity index (χ1n) is 37.1. The number of phosphoric acid groups is 2. The summed E-state index contributed by atoms with van der Waals surface area (Å²) >= 11 is 0. The van der Waals surface area contributed by atoms with Crippen LogP contribution in [-0.4, -0.2) is 96.7 Å². The second kappa shape index (κ2) is 64.4. The van der Waals surface area contributed by atoms with Gasteiger partial charge in [-0.2, -0.15) is 0 Å². The minimum absolute atomic E-state index is 0.106. The number of carbonyl (C=O) groups is 4. The van der Waals surface area contributed by atoms with Crippen molar-refractivity contribution in [3.05, 3.63) is 0 Å². The predicted molar refractivity (Wildman–Crippen MR) is 363 cm³/mol. The molecule has 0 spiro atoms. The molecule has 0 aromatic carbocycles. The van der Waals surface area contributed by atoms with Crippen molar-refractivity contribution < 1.29 is 80.2 Å². The standard InChI is InChI=1S/C71H138O17P2/c1-6-9-12-15-17-19-21-28-33-36-40-45-50-55-69(74)82-61-67(88-71(76)57-52-47-42-38-34-30-27-25-23-22-24-26-29-32-35-39-44-48-53-64(4)5)63-86-90(79,80)84-59-65(72)58-83-89(77,78)85-62-66(60-81-68(73)54-49-43-14-11-8-3)87-70(75)56-51-46-41-37-31-20-18-16-13-10-7-2/h64-67,72H,6-63H2,1-5H3,(H,77,78)(H,79,80)/t65-,66+,67+/m0/s1. The van der Waals surface area contributed by atoms with E-state index in [2.05, 4.69) is 34.6 Å². The first-order chi connectivity index (χ1) is 43.5. The number of unbranched alkanes of at least 4 members (excludes halogenated alkanes) is 43. The Labute approximate surface area is 549 Å². The van der Waals surface area contributed by atoms with E-state index in [1.54, 1.807) is 0 Å². The zero-order valence-electron chi connectivity index (χ0n) is 58.3. The fraction of sp³-hybridized carbons (Fsp3) is 0.944. The summed E-state index contributed by atoms with van der Waals surface area (Å²) in [5, 5.41) is 10.6. The summed E-state index contributed by atoms with van der Waals surface area (Å²) in [7, 11) is -9.89. The van der Waals surface area contributed by atoms with Crippen molar-refractivity contribution in [2.24, 2.45) is 5.92 Å². The monoisotopic (exact) mass is 1320 g/mol. The molecule has 2 unspecified atom stereocenters. The molecule has 3 N–H and O–H groups in total. The third kappa shape index (κ3) is 64.8. The second-order valence-electron chi connectivity index (χ2n) is 26.1.